The van der Waals surface area contributed by atoms with Crippen molar-refractivity contribution >= 4 is 11.5 Å². The molecule has 1 saturated carbocycles. The van der Waals surface area contributed by atoms with Crippen LogP contribution >= 0.6 is 0 Å². The zero-order valence-electron chi connectivity index (χ0n) is 21.3. The maximum absolute atomic E-state index is 13.7. The topological polar surface area (TPSA) is 53.4 Å². The predicted octanol–water partition coefficient (Wildman–Crippen LogP) is 6.67. The van der Waals surface area contributed by atoms with E-state index in [2.05, 4.69) is 4.98 Å². The molecule has 1 aliphatic carbocycles. The molecule has 1 unspecified atom stereocenters. The summed E-state index contributed by atoms with van der Waals surface area (Å²) in [6, 6.07) is 11.3. The van der Waals surface area contributed by atoms with Gasteiger partial charge in [-0.2, -0.15) is 13.2 Å². The molecule has 9 heteroatoms. The van der Waals surface area contributed by atoms with E-state index >= 15 is 0 Å². The van der Waals surface area contributed by atoms with E-state index in [0.717, 1.165) is 33.0 Å². The van der Waals surface area contributed by atoms with Crippen LogP contribution in [0.5, 0.6) is 0 Å². The number of benzene rings is 2. The van der Waals surface area contributed by atoms with Gasteiger partial charge in [0.2, 0.25) is 5.82 Å². The molecule has 2 heterocycles. The molecule has 5 nitrogen and oxygen atoms in total. The van der Waals surface area contributed by atoms with Crippen molar-refractivity contribution in [1.29, 1.82) is 0 Å². The van der Waals surface area contributed by atoms with Crippen LogP contribution in [0.25, 0.3) is 11.3 Å². The lowest BCUT2D eigenvalue weighted by Crippen LogP contribution is -2.34. The molecule has 2 aliphatic rings. The zero-order valence-corrected chi connectivity index (χ0v) is 21.3. The van der Waals surface area contributed by atoms with Crippen molar-refractivity contribution in [2.45, 2.75) is 50.3 Å². The first-order chi connectivity index (χ1) is 18.0. The fourth-order valence-electron chi connectivity index (χ4n) is 5.90. The predicted molar refractivity (Wildman–Crippen MR) is 133 cm³/mol. The number of carbonyl (C=O) groups is 1. The lowest BCUT2D eigenvalue weighted by atomic mass is 9.79. The van der Waals surface area contributed by atoms with Gasteiger partial charge < -0.3 is 9.47 Å². The van der Waals surface area contributed by atoms with Gasteiger partial charge in [-0.05, 0) is 71.4 Å². The van der Waals surface area contributed by atoms with Gasteiger partial charge in [0.25, 0.3) is 0 Å². The minimum Gasteiger partial charge on any atom is -0.469 e. The fraction of sp³-hybridized carbons (Fsp3) is 0.379. The van der Waals surface area contributed by atoms with E-state index in [1.54, 1.807) is 24.3 Å². The van der Waals surface area contributed by atoms with Crippen LogP contribution in [0.15, 0.2) is 60.9 Å². The first-order valence-corrected chi connectivity index (χ1v) is 12.5. The van der Waals surface area contributed by atoms with E-state index in [4.69, 9.17) is 9.47 Å². The maximum Gasteiger partial charge on any atom is 0.450 e. The molecular formula is C29H28F4N2O3. The molecule has 2 aromatic carbocycles. The van der Waals surface area contributed by atoms with Gasteiger partial charge >= 0.3 is 12.1 Å². The van der Waals surface area contributed by atoms with Gasteiger partial charge in [0, 0.05) is 24.0 Å². The molecule has 0 N–H and O–H groups in total. The number of imidazole rings is 1. The lowest BCUT2D eigenvalue weighted by molar-refractivity contribution is -0.147. The molecule has 3 atom stereocenters. The van der Waals surface area contributed by atoms with Crippen LogP contribution in [0.2, 0.25) is 0 Å². The monoisotopic (exact) mass is 528 g/mol. The Balaban J connectivity index is 1.61. The van der Waals surface area contributed by atoms with Crippen LogP contribution < -0.4 is 0 Å². The van der Waals surface area contributed by atoms with Crippen molar-refractivity contribution in [3.63, 3.8) is 0 Å². The zero-order chi connectivity index (χ0) is 27.2. The quantitative estimate of drug-likeness (QED) is 0.274. The second-order valence-corrected chi connectivity index (χ2v) is 10.2. The average Bonchev–Trinajstić information content (AvgIpc) is 3.63. The Morgan fingerprint density at radius 2 is 1.92 bits per heavy atom. The summed E-state index contributed by atoms with van der Waals surface area (Å²) in [5, 5.41) is 0. The smallest absolute Gasteiger partial charge is 0.450 e. The maximum atomic E-state index is 13.7. The Morgan fingerprint density at radius 3 is 2.58 bits per heavy atom. The van der Waals surface area contributed by atoms with Gasteiger partial charge in [-0.3, -0.25) is 9.36 Å². The Bertz CT molecular complexity index is 1380. The SMILES string of the molecule is COC(=O)C1CC[C@@]2(C=C(c3cc(-n4ccnc4C(F)(F)F)ccc3C(C)C)CO2)[C@@H]1c1ccc(F)cc1. The number of nitrogens with zero attached hydrogens (tertiary/aromatic N) is 2. The van der Waals surface area contributed by atoms with Gasteiger partial charge in [-0.1, -0.05) is 32.0 Å². The number of carbonyl (C=O) groups excluding carboxylic acids is 1. The average molecular weight is 529 g/mol. The number of rotatable bonds is 5. The Morgan fingerprint density at radius 1 is 1.18 bits per heavy atom. The van der Waals surface area contributed by atoms with E-state index in [-0.39, 0.29) is 24.3 Å². The highest BCUT2D eigenvalue weighted by Gasteiger charge is 2.54. The van der Waals surface area contributed by atoms with Crippen molar-refractivity contribution < 1.29 is 31.8 Å². The van der Waals surface area contributed by atoms with Crippen LogP contribution in [-0.4, -0.2) is 34.8 Å². The summed E-state index contributed by atoms with van der Waals surface area (Å²) in [6.07, 6.45) is 0.905. The molecular weight excluding hydrogens is 500 g/mol. The van der Waals surface area contributed by atoms with E-state index < -0.39 is 29.4 Å². The second kappa shape index (κ2) is 9.69. The standard InChI is InChI=1S/C29H28F4N2O3/c1-17(2)22-9-8-21(35-13-12-34-27(35)29(31,32)33)14-24(22)19-15-28(38-16-19)11-10-23(26(36)37-3)25(28)18-4-6-20(30)7-5-18/h4-9,12-15,17,23,25H,10-11,16H2,1-3H3/t23?,25-,28-/m1/s1. The number of hydrogen-bond acceptors (Lipinski definition) is 4. The first kappa shape index (κ1) is 26.2. The Kier molecular flexibility index (Phi) is 6.67. The molecule has 0 saturated heterocycles. The molecule has 1 fully saturated rings. The summed E-state index contributed by atoms with van der Waals surface area (Å²) >= 11 is 0. The number of methoxy groups -OCH3 is 1. The van der Waals surface area contributed by atoms with Gasteiger partial charge in [0.15, 0.2) is 0 Å². The Hall–Kier alpha value is -3.46. The molecule has 200 valence electrons. The van der Waals surface area contributed by atoms with Crippen LogP contribution in [0.1, 0.15) is 61.0 Å². The molecule has 1 spiro atoms. The number of halogens is 4. The molecule has 5 rings (SSSR count). The largest absolute Gasteiger partial charge is 0.469 e. The number of alkyl halides is 3. The highest BCUT2D eigenvalue weighted by Crippen LogP contribution is 2.54. The van der Waals surface area contributed by atoms with Crippen molar-refractivity contribution in [2.75, 3.05) is 13.7 Å². The lowest BCUT2D eigenvalue weighted by Gasteiger charge is -2.31. The summed E-state index contributed by atoms with van der Waals surface area (Å²) in [5.74, 6) is -2.51. The van der Waals surface area contributed by atoms with E-state index in [1.165, 1.54) is 25.4 Å². The molecule has 3 aromatic rings. The summed E-state index contributed by atoms with van der Waals surface area (Å²) in [4.78, 5) is 16.2. The van der Waals surface area contributed by atoms with Crippen LogP contribution in [-0.2, 0) is 20.4 Å². The number of ether oxygens (including phenoxy) is 2. The third kappa shape index (κ3) is 4.53. The van der Waals surface area contributed by atoms with Crippen molar-refractivity contribution in [3.8, 4) is 5.69 Å². The molecule has 38 heavy (non-hydrogen) atoms. The molecule has 1 aliphatic heterocycles. The Labute approximate surface area is 218 Å². The van der Waals surface area contributed by atoms with E-state index in [9.17, 15) is 22.4 Å². The summed E-state index contributed by atoms with van der Waals surface area (Å²) in [5.41, 5.74) is 2.86. The van der Waals surface area contributed by atoms with Crippen molar-refractivity contribution in [3.05, 3.63) is 89.3 Å². The van der Waals surface area contributed by atoms with Gasteiger partial charge in [0.05, 0.1) is 25.2 Å². The van der Waals surface area contributed by atoms with Gasteiger partial charge in [0.1, 0.15) is 5.82 Å². The number of aromatic nitrogens is 2. The molecule has 0 radical (unpaired) electrons. The van der Waals surface area contributed by atoms with Crippen LogP contribution in [0.4, 0.5) is 17.6 Å². The van der Waals surface area contributed by atoms with Crippen molar-refractivity contribution in [1.82, 2.24) is 9.55 Å². The van der Waals surface area contributed by atoms with Crippen molar-refractivity contribution in [2.24, 2.45) is 5.92 Å². The minimum absolute atomic E-state index is 0.0978. The van der Waals surface area contributed by atoms with E-state index in [1.807, 2.05) is 26.0 Å². The molecule has 0 bridgehead atoms. The van der Waals surface area contributed by atoms with Gasteiger partial charge in [-0.25, -0.2) is 9.37 Å². The normalized spacial score (nSPS) is 23.3. The molecule has 0 amide bonds. The van der Waals surface area contributed by atoms with E-state index in [0.29, 0.717) is 18.5 Å². The summed E-state index contributed by atoms with van der Waals surface area (Å²) in [6.45, 7) is 4.27. The van der Waals surface area contributed by atoms with Crippen LogP contribution in [0, 0.1) is 11.7 Å². The number of hydrogen-bond donors (Lipinski definition) is 0. The first-order valence-electron chi connectivity index (χ1n) is 12.5. The second-order valence-electron chi connectivity index (χ2n) is 10.2. The minimum atomic E-state index is -4.60. The fourth-order valence-corrected chi connectivity index (χ4v) is 5.90. The summed E-state index contributed by atoms with van der Waals surface area (Å²) in [7, 11) is 1.34. The van der Waals surface area contributed by atoms with Gasteiger partial charge in [-0.15, -0.1) is 0 Å². The third-order valence-electron chi connectivity index (χ3n) is 7.60. The van der Waals surface area contributed by atoms with Crippen LogP contribution in [0.3, 0.4) is 0 Å². The summed E-state index contributed by atoms with van der Waals surface area (Å²) < 4.78 is 66.9. The highest BCUT2D eigenvalue weighted by molar-refractivity contribution is 5.78. The molecule has 1 aromatic heterocycles. The highest BCUT2D eigenvalue weighted by atomic mass is 19.4. The number of esters is 1. The third-order valence-corrected chi connectivity index (χ3v) is 7.60.